The summed E-state index contributed by atoms with van der Waals surface area (Å²) in [5.41, 5.74) is 2.75. The van der Waals surface area contributed by atoms with E-state index in [9.17, 15) is 9.59 Å². The standard InChI is InChI=1S/C19H18N2O4/c1-12(22)21-15-5-3-2-4-14(15)9-16(21)19(23)20-10-13-6-7-17-18(8-13)25-11-24-17/h2-8,16H,9-11H2,1H3,(H,20,23)/t16-/m0/s1. The van der Waals surface area contributed by atoms with Gasteiger partial charge in [-0.1, -0.05) is 24.3 Å². The fraction of sp³-hybridized carbons (Fsp3) is 0.263. The van der Waals surface area contributed by atoms with Crippen molar-refractivity contribution in [2.45, 2.75) is 25.9 Å². The maximum atomic E-state index is 12.7. The number of nitrogens with zero attached hydrogens (tertiary/aromatic N) is 1. The van der Waals surface area contributed by atoms with Crippen LogP contribution < -0.4 is 19.7 Å². The summed E-state index contributed by atoms with van der Waals surface area (Å²) in [6.07, 6.45) is 0.530. The largest absolute Gasteiger partial charge is 0.454 e. The Balaban J connectivity index is 1.47. The third kappa shape index (κ3) is 2.80. The molecule has 2 aliphatic heterocycles. The van der Waals surface area contributed by atoms with E-state index in [0.29, 0.717) is 24.5 Å². The number of anilines is 1. The average molecular weight is 338 g/mol. The van der Waals surface area contributed by atoms with E-state index in [2.05, 4.69) is 5.32 Å². The van der Waals surface area contributed by atoms with Crippen molar-refractivity contribution in [1.82, 2.24) is 5.32 Å². The molecule has 1 atom stereocenters. The molecule has 2 aromatic rings. The lowest BCUT2D eigenvalue weighted by molar-refractivity contribution is -0.125. The third-order valence-corrected chi connectivity index (χ3v) is 4.52. The minimum atomic E-state index is -0.510. The number of nitrogens with one attached hydrogen (secondary N) is 1. The fourth-order valence-electron chi connectivity index (χ4n) is 3.34. The molecular formula is C19H18N2O4. The SMILES string of the molecule is CC(=O)N1c2ccccc2C[C@H]1C(=O)NCc1ccc2c(c1)OCO2. The first-order chi connectivity index (χ1) is 12.1. The first-order valence-corrected chi connectivity index (χ1v) is 8.17. The second-order valence-electron chi connectivity index (χ2n) is 6.14. The van der Waals surface area contributed by atoms with Crippen LogP contribution >= 0.6 is 0 Å². The second-order valence-corrected chi connectivity index (χ2v) is 6.14. The molecule has 2 heterocycles. The smallest absolute Gasteiger partial charge is 0.243 e. The van der Waals surface area contributed by atoms with Crippen LogP contribution in [0.15, 0.2) is 42.5 Å². The number of carbonyl (C=O) groups excluding carboxylic acids is 2. The van der Waals surface area contributed by atoms with E-state index in [1.165, 1.54) is 6.92 Å². The van der Waals surface area contributed by atoms with Crippen LogP contribution in [0.2, 0.25) is 0 Å². The van der Waals surface area contributed by atoms with Gasteiger partial charge in [0.25, 0.3) is 0 Å². The summed E-state index contributed by atoms with van der Waals surface area (Å²) >= 11 is 0. The van der Waals surface area contributed by atoms with E-state index in [1.807, 2.05) is 42.5 Å². The summed E-state index contributed by atoms with van der Waals surface area (Å²) < 4.78 is 10.6. The number of fused-ring (bicyclic) bond motifs is 2. The van der Waals surface area contributed by atoms with Gasteiger partial charge in [0.05, 0.1) is 0 Å². The molecule has 128 valence electrons. The van der Waals surface area contributed by atoms with Crippen LogP contribution in [0.3, 0.4) is 0 Å². The van der Waals surface area contributed by atoms with Gasteiger partial charge < -0.3 is 14.8 Å². The van der Waals surface area contributed by atoms with Crippen molar-refractivity contribution in [2.24, 2.45) is 0 Å². The molecule has 0 spiro atoms. The zero-order valence-electron chi connectivity index (χ0n) is 13.8. The number of ether oxygens (including phenoxy) is 2. The van der Waals surface area contributed by atoms with Gasteiger partial charge in [0.2, 0.25) is 18.6 Å². The molecule has 0 saturated heterocycles. The summed E-state index contributed by atoms with van der Waals surface area (Å²) in [7, 11) is 0. The van der Waals surface area contributed by atoms with Gasteiger partial charge in [0, 0.05) is 25.6 Å². The number of amides is 2. The molecule has 0 aliphatic carbocycles. The van der Waals surface area contributed by atoms with Gasteiger partial charge in [-0.25, -0.2) is 0 Å². The molecule has 6 nitrogen and oxygen atoms in total. The first kappa shape index (κ1) is 15.5. The van der Waals surface area contributed by atoms with Crippen molar-refractivity contribution < 1.29 is 19.1 Å². The lowest BCUT2D eigenvalue weighted by Gasteiger charge is -2.23. The fourth-order valence-corrected chi connectivity index (χ4v) is 3.34. The minimum absolute atomic E-state index is 0.131. The van der Waals surface area contributed by atoms with E-state index in [0.717, 1.165) is 16.8 Å². The Morgan fingerprint density at radius 2 is 1.96 bits per heavy atom. The quantitative estimate of drug-likeness (QED) is 0.930. The van der Waals surface area contributed by atoms with E-state index >= 15 is 0 Å². The van der Waals surface area contributed by atoms with Gasteiger partial charge in [-0.05, 0) is 29.3 Å². The van der Waals surface area contributed by atoms with Crippen LogP contribution in [0.1, 0.15) is 18.1 Å². The van der Waals surface area contributed by atoms with Crippen LogP contribution in [0.4, 0.5) is 5.69 Å². The molecule has 0 radical (unpaired) electrons. The van der Waals surface area contributed by atoms with E-state index in [1.54, 1.807) is 4.90 Å². The molecule has 2 amide bonds. The van der Waals surface area contributed by atoms with Gasteiger partial charge >= 0.3 is 0 Å². The highest BCUT2D eigenvalue weighted by molar-refractivity contribution is 6.02. The van der Waals surface area contributed by atoms with Gasteiger partial charge in [0.15, 0.2) is 11.5 Å². The van der Waals surface area contributed by atoms with Gasteiger partial charge in [0.1, 0.15) is 6.04 Å². The summed E-state index contributed by atoms with van der Waals surface area (Å²) in [4.78, 5) is 26.3. The number of para-hydroxylation sites is 1. The third-order valence-electron chi connectivity index (χ3n) is 4.52. The Morgan fingerprint density at radius 3 is 2.80 bits per heavy atom. The molecule has 4 rings (SSSR count). The lowest BCUT2D eigenvalue weighted by Crippen LogP contribution is -2.47. The maximum absolute atomic E-state index is 12.7. The van der Waals surface area contributed by atoms with Crippen LogP contribution in [-0.4, -0.2) is 24.6 Å². The van der Waals surface area contributed by atoms with Crippen molar-refractivity contribution in [3.8, 4) is 11.5 Å². The van der Waals surface area contributed by atoms with E-state index < -0.39 is 6.04 Å². The zero-order chi connectivity index (χ0) is 17.4. The Morgan fingerprint density at radius 1 is 1.16 bits per heavy atom. The van der Waals surface area contributed by atoms with Crippen molar-refractivity contribution in [3.05, 3.63) is 53.6 Å². The Kier molecular flexibility index (Phi) is 3.80. The highest BCUT2D eigenvalue weighted by Gasteiger charge is 2.36. The summed E-state index contributed by atoms with van der Waals surface area (Å²) in [6.45, 7) is 2.08. The highest BCUT2D eigenvalue weighted by Crippen LogP contribution is 2.33. The molecule has 0 unspecified atom stereocenters. The topological polar surface area (TPSA) is 67.9 Å². The molecule has 6 heteroatoms. The molecule has 0 aromatic heterocycles. The van der Waals surface area contributed by atoms with E-state index in [-0.39, 0.29) is 18.6 Å². The maximum Gasteiger partial charge on any atom is 0.243 e. The summed E-state index contributed by atoms with van der Waals surface area (Å²) in [5.74, 6) is 1.10. The number of carbonyl (C=O) groups is 2. The normalized spacial score (nSPS) is 17.3. The summed E-state index contributed by atoms with van der Waals surface area (Å²) in [5, 5.41) is 2.92. The molecule has 25 heavy (non-hydrogen) atoms. The van der Waals surface area contributed by atoms with Gasteiger partial charge in [-0.15, -0.1) is 0 Å². The monoisotopic (exact) mass is 338 g/mol. The van der Waals surface area contributed by atoms with E-state index in [4.69, 9.17) is 9.47 Å². The van der Waals surface area contributed by atoms with Gasteiger partial charge in [-0.3, -0.25) is 14.5 Å². The summed E-state index contributed by atoms with van der Waals surface area (Å²) in [6, 6.07) is 12.7. The lowest BCUT2D eigenvalue weighted by atomic mass is 10.1. The van der Waals surface area contributed by atoms with Crippen LogP contribution in [0.5, 0.6) is 11.5 Å². The second kappa shape index (κ2) is 6.12. The predicted octanol–water partition coefficient (Wildman–Crippen LogP) is 2.01. The van der Waals surface area contributed by atoms with Crippen molar-refractivity contribution in [1.29, 1.82) is 0 Å². The number of rotatable bonds is 3. The number of benzene rings is 2. The first-order valence-electron chi connectivity index (χ1n) is 8.17. The molecule has 0 bridgehead atoms. The molecule has 0 fully saturated rings. The number of hydrogen-bond acceptors (Lipinski definition) is 4. The molecule has 0 saturated carbocycles. The molecule has 2 aromatic carbocycles. The van der Waals surface area contributed by atoms with Crippen LogP contribution in [-0.2, 0) is 22.6 Å². The molecule has 2 aliphatic rings. The molecular weight excluding hydrogens is 320 g/mol. The van der Waals surface area contributed by atoms with Crippen molar-refractivity contribution >= 4 is 17.5 Å². The zero-order valence-corrected chi connectivity index (χ0v) is 13.8. The van der Waals surface area contributed by atoms with Crippen molar-refractivity contribution in [3.63, 3.8) is 0 Å². The Hall–Kier alpha value is -3.02. The Bertz CT molecular complexity index is 849. The molecule has 1 N–H and O–H groups in total. The van der Waals surface area contributed by atoms with Crippen LogP contribution in [0.25, 0.3) is 0 Å². The average Bonchev–Trinajstić information content (AvgIpc) is 3.23. The predicted molar refractivity (Wildman–Crippen MR) is 91.5 cm³/mol. The van der Waals surface area contributed by atoms with Crippen molar-refractivity contribution in [2.75, 3.05) is 11.7 Å². The highest BCUT2D eigenvalue weighted by atomic mass is 16.7. The van der Waals surface area contributed by atoms with Gasteiger partial charge in [-0.2, -0.15) is 0 Å². The van der Waals surface area contributed by atoms with Crippen LogP contribution in [0, 0.1) is 0 Å². The number of hydrogen-bond donors (Lipinski definition) is 1. The minimum Gasteiger partial charge on any atom is -0.454 e. The Labute approximate surface area is 145 Å².